The highest BCUT2D eigenvalue weighted by Crippen LogP contribution is 2.32. The molecule has 0 spiro atoms. The Hall–Kier alpha value is -1.64. The monoisotopic (exact) mass is 281 g/mol. The summed E-state index contributed by atoms with van der Waals surface area (Å²) in [6.07, 6.45) is 1.09. The molecule has 1 N–H and O–H groups in total. The summed E-state index contributed by atoms with van der Waals surface area (Å²) in [6, 6.07) is 18.0. The average molecular weight is 281 g/mol. The molecule has 2 heteroatoms. The van der Waals surface area contributed by atoms with Gasteiger partial charge in [-0.05, 0) is 47.0 Å². The van der Waals surface area contributed by atoms with Gasteiger partial charge in [-0.25, -0.2) is 0 Å². The van der Waals surface area contributed by atoms with E-state index in [1.54, 1.807) is 0 Å². The predicted octanol–water partition coefficient (Wildman–Crippen LogP) is 4.77. The largest absolute Gasteiger partial charge is 0.309 e. The highest BCUT2D eigenvalue weighted by molar-refractivity contribution is 7.17. The Morgan fingerprint density at radius 2 is 1.85 bits per heavy atom. The summed E-state index contributed by atoms with van der Waals surface area (Å²) in [5.74, 6) is 0. The Bertz CT molecular complexity index is 697. The molecule has 1 heterocycles. The number of fused-ring (bicyclic) bond motifs is 1. The van der Waals surface area contributed by atoms with Crippen LogP contribution in [0.4, 0.5) is 0 Å². The highest BCUT2D eigenvalue weighted by Gasteiger charge is 2.15. The van der Waals surface area contributed by atoms with Crippen molar-refractivity contribution in [1.29, 1.82) is 0 Å². The van der Waals surface area contributed by atoms with Gasteiger partial charge in [-0.15, -0.1) is 11.3 Å². The predicted molar refractivity (Wildman–Crippen MR) is 88.5 cm³/mol. The van der Waals surface area contributed by atoms with Gasteiger partial charge in [0.2, 0.25) is 0 Å². The van der Waals surface area contributed by atoms with Gasteiger partial charge < -0.3 is 5.32 Å². The number of thiophene rings is 1. The van der Waals surface area contributed by atoms with E-state index < -0.39 is 0 Å². The Morgan fingerprint density at radius 1 is 1.05 bits per heavy atom. The zero-order chi connectivity index (χ0) is 13.9. The molecule has 0 fully saturated rings. The lowest BCUT2D eigenvalue weighted by Crippen LogP contribution is -2.17. The Kier molecular flexibility index (Phi) is 3.86. The van der Waals surface area contributed by atoms with Gasteiger partial charge in [0, 0.05) is 4.70 Å². The maximum atomic E-state index is 3.46. The van der Waals surface area contributed by atoms with Crippen LogP contribution in [-0.2, 0) is 6.42 Å². The highest BCUT2D eigenvalue weighted by atomic mass is 32.1. The van der Waals surface area contributed by atoms with Crippen molar-refractivity contribution in [3.8, 4) is 0 Å². The molecule has 102 valence electrons. The molecular weight excluding hydrogens is 262 g/mol. The summed E-state index contributed by atoms with van der Waals surface area (Å²) in [4.78, 5) is 0. The van der Waals surface area contributed by atoms with E-state index in [-0.39, 0.29) is 6.04 Å². The van der Waals surface area contributed by atoms with E-state index in [1.165, 1.54) is 26.8 Å². The third-order valence-corrected chi connectivity index (χ3v) is 4.81. The molecule has 1 aromatic heterocycles. The smallest absolute Gasteiger partial charge is 0.0588 e. The summed E-state index contributed by atoms with van der Waals surface area (Å²) >= 11 is 1.82. The number of hydrogen-bond donors (Lipinski definition) is 1. The van der Waals surface area contributed by atoms with Crippen molar-refractivity contribution in [2.24, 2.45) is 0 Å². The normalized spacial score (nSPS) is 12.7. The standard InChI is InChI=1S/C18H19NS/c1-3-13-7-9-14(10-8-13)17(19-2)16-6-4-5-15-11-12-20-18(15)16/h4-12,17,19H,3H2,1-2H3. The number of aryl methyl sites for hydroxylation is 1. The van der Waals surface area contributed by atoms with Crippen LogP contribution in [0.2, 0.25) is 0 Å². The van der Waals surface area contributed by atoms with E-state index in [1.807, 2.05) is 18.4 Å². The van der Waals surface area contributed by atoms with E-state index in [2.05, 4.69) is 66.2 Å². The molecular formula is C18H19NS. The summed E-state index contributed by atoms with van der Waals surface area (Å²) in [5, 5.41) is 6.96. The molecule has 0 radical (unpaired) electrons. The number of benzene rings is 2. The van der Waals surface area contributed by atoms with E-state index in [0.717, 1.165) is 6.42 Å². The maximum Gasteiger partial charge on any atom is 0.0588 e. The zero-order valence-electron chi connectivity index (χ0n) is 11.9. The van der Waals surface area contributed by atoms with Crippen LogP contribution in [0.5, 0.6) is 0 Å². The van der Waals surface area contributed by atoms with Crippen LogP contribution in [0, 0.1) is 0 Å². The van der Waals surface area contributed by atoms with Crippen molar-refractivity contribution >= 4 is 21.4 Å². The number of nitrogens with one attached hydrogen (secondary N) is 1. The third-order valence-electron chi connectivity index (χ3n) is 3.83. The van der Waals surface area contributed by atoms with E-state index in [9.17, 15) is 0 Å². The first kappa shape index (κ1) is 13.3. The second-order valence-corrected chi connectivity index (χ2v) is 5.92. The molecule has 1 atom stereocenters. The molecule has 3 rings (SSSR count). The molecule has 0 saturated heterocycles. The van der Waals surface area contributed by atoms with Crippen LogP contribution in [0.1, 0.15) is 29.7 Å². The van der Waals surface area contributed by atoms with Gasteiger partial charge >= 0.3 is 0 Å². The summed E-state index contributed by atoms with van der Waals surface area (Å²) in [7, 11) is 2.03. The van der Waals surface area contributed by atoms with Crippen LogP contribution in [0.25, 0.3) is 10.1 Å². The van der Waals surface area contributed by atoms with Crippen molar-refractivity contribution in [2.75, 3.05) is 7.05 Å². The summed E-state index contributed by atoms with van der Waals surface area (Å²) < 4.78 is 1.38. The molecule has 1 unspecified atom stereocenters. The van der Waals surface area contributed by atoms with E-state index in [0.29, 0.717) is 0 Å². The second-order valence-electron chi connectivity index (χ2n) is 5.00. The average Bonchev–Trinajstić information content (AvgIpc) is 2.98. The lowest BCUT2D eigenvalue weighted by molar-refractivity contribution is 0.697. The summed E-state index contributed by atoms with van der Waals surface area (Å²) in [5.41, 5.74) is 4.08. The van der Waals surface area contributed by atoms with Crippen molar-refractivity contribution in [3.05, 3.63) is 70.6 Å². The van der Waals surface area contributed by atoms with Crippen LogP contribution >= 0.6 is 11.3 Å². The molecule has 0 aliphatic heterocycles. The van der Waals surface area contributed by atoms with Crippen molar-refractivity contribution in [3.63, 3.8) is 0 Å². The first-order valence-electron chi connectivity index (χ1n) is 7.05. The molecule has 2 aromatic carbocycles. The molecule has 0 saturated carbocycles. The van der Waals surface area contributed by atoms with Crippen LogP contribution in [0.3, 0.4) is 0 Å². The molecule has 3 aromatic rings. The topological polar surface area (TPSA) is 12.0 Å². The third kappa shape index (κ3) is 2.37. The molecule has 0 aliphatic rings. The van der Waals surface area contributed by atoms with Crippen molar-refractivity contribution in [2.45, 2.75) is 19.4 Å². The fourth-order valence-corrected chi connectivity index (χ4v) is 3.64. The van der Waals surface area contributed by atoms with E-state index >= 15 is 0 Å². The fourth-order valence-electron chi connectivity index (χ4n) is 2.69. The van der Waals surface area contributed by atoms with Crippen LogP contribution in [0.15, 0.2) is 53.9 Å². The Labute approximate surface area is 124 Å². The maximum absolute atomic E-state index is 3.46. The first-order valence-corrected chi connectivity index (χ1v) is 7.93. The van der Waals surface area contributed by atoms with Crippen molar-refractivity contribution < 1.29 is 0 Å². The van der Waals surface area contributed by atoms with Gasteiger partial charge in [-0.1, -0.05) is 49.4 Å². The SMILES string of the molecule is CCc1ccc(C(NC)c2cccc3ccsc23)cc1. The lowest BCUT2D eigenvalue weighted by atomic mass is 9.96. The van der Waals surface area contributed by atoms with Gasteiger partial charge in [0.25, 0.3) is 0 Å². The zero-order valence-corrected chi connectivity index (χ0v) is 12.7. The molecule has 20 heavy (non-hydrogen) atoms. The first-order chi connectivity index (χ1) is 9.83. The Balaban J connectivity index is 2.06. The Morgan fingerprint density at radius 3 is 2.55 bits per heavy atom. The quantitative estimate of drug-likeness (QED) is 0.726. The minimum absolute atomic E-state index is 0.253. The summed E-state index contributed by atoms with van der Waals surface area (Å²) in [6.45, 7) is 2.19. The minimum atomic E-state index is 0.253. The van der Waals surface area contributed by atoms with Gasteiger partial charge in [-0.2, -0.15) is 0 Å². The molecule has 0 aliphatic carbocycles. The van der Waals surface area contributed by atoms with E-state index in [4.69, 9.17) is 0 Å². The van der Waals surface area contributed by atoms with Gasteiger partial charge in [0.15, 0.2) is 0 Å². The molecule has 1 nitrogen and oxygen atoms in total. The van der Waals surface area contributed by atoms with Gasteiger partial charge in [0.1, 0.15) is 0 Å². The number of hydrogen-bond acceptors (Lipinski definition) is 2. The second kappa shape index (κ2) is 5.78. The van der Waals surface area contributed by atoms with Gasteiger partial charge in [0.05, 0.1) is 6.04 Å². The molecule has 0 bridgehead atoms. The van der Waals surface area contributed by atoms with Gasteiger partial charge in [-0.3, -0.25) is 0 Å². The fraction of sp³-hybridized carbons (Fsp3) is 0.222. The number of rotatable bonds is 4. The lowest BCUT2D eigenvalue weighted by Gasteiger charge is -2.18. The van der Waals surface area contributed by atoms with Crippen LogP contribution in [-0.4, -0.2) is 7.05 Å². The van der Waals surface area contributed by atoms with Crippen molar-refractivity contribution in [1.82, 2.24) is 5.32 Å². The molecule has 0 amide bonds. The van der Waals surface area contributed by atoms with Crippen LogP contribution < -0.4 is 5.32 Å². The minimum Gasteiger partial charge on any atom is -0.309 e.